The zero-order chi connectivity index (χ0) is 16.1. The number of carbonyl (C=O) groups is 2. The van der Waals surface area contributed by atoms with Crippen molar-refractivity contribution >= 4 is 33.4 Å². The van der Waals surface area contributed by atoms with Crippen molar-refractivity contribution in [2.24, 2.45) is 0 Å². The molecule has 0 atom stereocenters. The summed E-state index contributed by atoms with van der Waals surface area (Å²) in [5.74, 6) is -0.126. The van der Waals surface area contributed by atoms with Gasteiger partial charge in [0.05, 0.1) is 12.0 Å². The van der Waals surface area contributed by atoms with E-state index in [0.29, 0.717) is 13.1 Å². The summed E-state index contributed by atoms with van der Waals surface area (Å²) in [6.45, 7) is 4.19. The Kier molecular flexibility index (Phi) is 5.38. The number of furan rings is 1. The first kappa shape index (κ1) is 16.3. The quantitative estimate of drug-likeness (QED) is 0.886. The fraction of sp³-hybridized carbons (Fsp3) is 0.250. The van der Waals surface area contributed by atoms with Crippen molar-refractivity contribution in [2.45, 2.75) is 13.8 Å². The lowest BCUT2D eigenvalue weighted by Gasteiger charge is -2.22. The summed E-state index contributed by atoms with van der Waals surface area (Å²) in [6, 6.07) is 9.02. The van der Waals surface area contributed by atoms with Crippen LogP contribution in [0, 0.1) is 6.92 Å². The van der Waals surface area contributed by atoms with Crippen LogP contribution in [0.5, 0.6) is 0 Å². The average Bonchev–Trinajstić information content (AvgIpc) is 2.98. The van der Waals surface area contributed by atoms with Gasteiger partial charge in [0.2, 0.25) is 5.91 Å². The maximum absolute atomic E-state index is 11.9. The number of carbonyl (C=O) groups excluding carboxylic acids is 2. The Morgan fingerprint density at radius 3 is 2.68 bits per heavy atom. The lowest BCUT2D eigenvalue weighted by Crippen LogP contribution is -2.37. The number of benzene rings is 1. The third-order valence-corrected chi connectivity index (χ3v) is 3.78. The second kappa shape index (κ2) is 7.26. The van der Waals surface area contributed by atoms with E-state index in [9.17, 15) is 9.59 Å². The number of rotatable bonds is 5. The van der Waals surface area contributed by atoms with E-state index in [4.69, 9.17) is 4.42 Å². The Bertz CT molecular complexity index is 668. The Morgan fingerprint density at radius 1 is 1.32 bits per heavy atom. The SMILES string of the molecule is CC(=O)N(CCNC(=O)c1ccco1)c1ccc(C)cc1Br. The second-order valence-electron chi connectivity index (χ2n) is 4.86. The fourth-order valence-electron chi connectivity index (χ4n) is 2.05. The monoisotopic (exact) mass is 364 g/mol. The zero-order valence-corrected chi connectivity index (χ0v) is 14.0. The minimum atomic E-state index is -0.295. The number of nitrogens with one attached hydrogen (secondary N) is 1. The molecule has 1 aromatic heterocycles. The first-order chi connectivity index (χ1) is 10.5. The van der Waals surface area contributed by atoms with E-state index in [2.05, 4.69) is 21.2 Å². The molecule has 0 saturated carbocycles. The molecule has 6 heteroatoms. The summed E-state index contributed by atoms with van der Waals surface area (Å²) >= 11 is 3.47. The van der Waals surface area contributed by atoms with Crippen LogP contribution in [0.15, 0.2) is 45.5 Å². The van der Waals surface area contributed by atoms with Crippen LogP contribution in [0.3, 0.4) is 0 Å². The van der Waals surface area contributed by atoms with Gasteiger partial charge in [0.15, 0.2) is 5.76 Å². The number of hydrogen-bond donors (Lipinski definition) is 1. The van der Waals surface area contributed by atoms with E-state index in [1.54, 1.807) is 17.0 Å². The van der Waals surface area contributed by atoms with Gasteiger partial charge in [0.25, 0.3) is 5.91 Å². The molecule has 1 N–H and O–H groups in total. The molecule has 0 aliphatic heterocycles. The summed E-state index contributed by atoms with van der Waals surface area (Å²) < 4.78 is 5.86. The molecule has 2 amide bonds. The number of nitrogens with zero attached hydrogens (tertiary/aromatic N) is 1. The maximum atomic E-state index is 11.9. The third-order valence-electron chi connectivity index (χ3n) is 3.14. The van der Waals surface area contributed by atoms with Crippen LogP contribution < -0.4 is 10.2 Å². The molecule has 0 aliphatic carbocycles. The number of anilines is 1. The molecule has 22 heavy (non-hydrogen) atoms. The average molecular weight is 365 g/mol. The molecule has 1 aromatic carbocycles. The molecular formula is C16H17BrN2O3. The van der Waals surface area contributed by atoms with Crippen molar-refractivity contribution in [3.8, 4) is 0 Å². The van der Waals surface area contributed by atoms with Gasteiger partial charge in [-0.3, -0.25) is 9.59 Å². The summed E-state index contributed by atoms with van der Waals surface area (Å²) in [4.78, 5) is 25.3. The second-order valence-corrected chi connectivity index (χ2v) is 5.71. The van der Waals surface area contributed by atoms with E-state index in [1.165, 1.54) is 13.2 Å². The van der Waals surface area contributed by atoms with Crippen LogP contribution in [-0.4, -0.2) is 24.9 Å². The van der Waals surface area contributed by atoms with Gasteiger partial charge in [-0.05, 0) is 52.7 Å². The third kappa shape index (κ3) is 3.98. The lowest BCUT2D eigenvalue weighted by atomic mass is 10.2. The predicted molar refractivity (Wildman–Crippen MR) is 87.9 cm³/mol. The Balaban J connectivity index is 2.01. The van der Waals surface area contributed by atoms with Crippen LogP contribution >= 0.6 is 15.9 Å². The van der Waals surface area contributed by atoms with Crippen molar-refractivity contribution in [1.82, 2.24) is 5.32 Å². The Hall–Kier alpha value is -2.08. The van der Waals surface area contributed by atoms with Crippen molar-refractivity contribution < 1.29 is 14.0 Å². The highest BCUT2D eigenvalue weighted by molar-refractivity contribution is 9.10. The van der Waals surface area contributed by atoms with Gasteiger partial charge >= 0.3 is 0 Å². The van der Waals surface area contributed by atoms with Crippen molar-refractivity contribution in [3.63, 3.8) is 0 Å². The van der Waals surface area contributed by atoms with E-state index in [0.717, 1.165) is 15.7 Å². The van der Waals surface area contributed by atoms with Crippen molar-refractivity contribution in [2.75, 3.05) is 18.0 Å². The van der Waals surface area contributed by atoms with E-state index in [-0.39, 0.29) is 17.6 Å². The van der Waals surface area contributed by atoms with Gasteiger partial charge < -0.3 is 14.6 Å². The number of amides is 2. The van der Waals surface area contributed by atoms with Gasteiger partial charge in [-0.1, -0.05) is 6.07 Å². The molecule has 0 bridgehead atoms. The zero-order valence-electron chi connectivity index (χ0n) is 12.4. The molecule has 0 unspecified atom stereocenters. The van der Waals surface area contributed by atoms with Gasteiger partial charge in [-0.25, -0.2) is 0 Å². The summed E-state index contributed by atoms with van der Waals surface area (Å²) in [5, 5.41) is 2.73. The topological polar surface area (TPSA) is 62.6 Å². The van der Waals surface area contributed by atoms with Crippen molar-refractivity contribution in [1.29, 1.82) is 0 Å². The van der Waals surface area contributed by atoms with E-state index >= 15 is 0 Å². The molecule has 2 aromatic rings. The van der Waals surface area contributed by atoms with Gasteiger partial charge in [-0.15, -0.1) is 0 Å². The van der Waals surface area contributed by atoms with Gasteiger partial charge in [-0.2, -0.15) is 0 Å². The highest BCUT2D eigenvalue weighted by Crippen LogP contribution is 2.27. The molecule has 0 fully saturated rings. The molecule has 1 heterocycles. The predicted octanol–water partition coefficient (Wildman–Crippen LogP) is 3.13. The molecular weight excluding hydrogens is 348 g/mol. The van der Waals surface area contributed by atoms with Gasteiger partial charge in [0.1, 0.15) is 0 Å². The molecule has 0 radical (unpaired) electrons. The van der Waals surface area contributed by atoms with Crippen LogP contribution in [0.25, 0.3) is 0 Å². The minimum absolute atomic E-state index is 0.0863. The van der Waals surface area contributed by atoms with Crippen LogP contribution in [0.4, 0.5) is 5.69 Å². The van der Waals surface area contributed by atoms with Gasteiger partial charge in [0, 0.05) is 24.5 Å². The summed E-state index contributed by atoms with van der Waals surface area (Å²) in [5.41, 5.74) is 1.88. The molecule has 2 rings (SSSR count). The number of aryl methyl sites for hydroxylation is 1. The molecule has 0 saturated heterocycles. The van der Waals surface area contributed by atoms with E-state index in [1.807, 2.05) is 25.1 Å². The molecule has 0 aliphatic rings. The normalized spacial score (nSPS) is 10.3. The van der Waals surface area contributed by atoms with Crippen molar-refractivity contribution in [3.05, 3.63) is 52.4 Å². The number of hydrogen-bond acceptors (Lipinski definition) is 3. The summed E-state index contributed by atoms with van der Waals surface area (Å²) in [7, 11) is 0. The van der Waals surface area contributed by atoms with Crippen LogP contribution in [0.2, 0.25) is 0 Å². The highest BCUT2D eigenvalue weighted by Gasteiger charge is 2.15. The van der Waals surface area contributed by atoms with Crippen LogP contribution in [0.1, 0.15) is 23.0 Å². The number of halogens is 1. The Morgan fingerprint density at radius 2 is 2.09 bits per heavy atom. The lowest BCUT2D eigenvalue weighted by molar-refractivity contribution is -0.116. The van der Waals surface area contributed by atoms with E-state index < -0.39 is 0 Å². The standard InChI is InChI=1S/C16H17BrN2O3/c1-11-5-6-14(13(17)10-11)19(12(2)20)8-7-18-16(21)15-4-3-9-22-15/h3-6,9-10H,7-8H2,1-2H3,(H,18,21). The minimum Gasteiger partial charge on any atom is -0.459 e. The maximum Gasteiger partial charge on any atom is 0.287 e. The largest absolute Gasteiger partial charge is 0.459 e. The fourth-order valence-corrected chi connectivity index (χ4v) is 2.76. The molecule has 116 valence electrons. The van der Waals surface area contributed by atoms with Crippen LogP contribution in [-0.2, 0) is 4.79 Å². The Labute approximate surface area is 137 Å². The first-order valence-electron chi connectivity index (χ1n) is 6.85. The highest BCUT2D eigenvalue weighted by atomic mass is 79.9. The summed E-state index contributed by atoms with van der Waals surface area (Å²) in [6.07, 6.45) is 1.44. The smallest absolute Gasteiger partial charge is 0.287 e. The molecule has 5 nitrogen and oxygen atoms in total. The molecule has 0 spiro atoms. The first-order valence-corrected chi connectivity index (χ1v) is 7.64.